The van der Waals surface area contributed by atoms with Gasteiger partial charge < -0.3 is 20.3 Å². The summed E-state index contributed by atoms with van der Waals surface area (Å²) >= 11 is 0. The van der Waals surface area contributed by atoms with E-state index in [4.69, 9.17) is 10.2 Å². The molecule has 6 nitrogen and oxygen atoms in total. The second kappa shape index (κ2) is 7.05. The smallest absolute Gasteiger partial charge is 0.328 e. The average Bonchev–Trinajstić information content (AvgIpc) is 2.12. The lowest BCUT2D eigenvalue weighted by Crippen LogP contribution is -2.33. The van der Waals surface area contributed by atoms with E-state index >= 15 is 0 Å². The molecule has 0 aromatic rings. The molecule has 0 aromatic carbocycles. The highest BCUT2D eigenvalue weighted by molar-refractivity contribution is 5.93. The number of carboxylic acid groups (broad SMARTS) is 1. The summed E-state index contributed by atoms with van der Waals surface area (Å²) in [6, 6.07) is 0. The minimum Gasteiger partial charge on any atom is -0.478 e. The van der Waals surface area contributed by atoms with Gasteiger partial charge >= 0.3 is 5.97 Å². The van der Waals surface area contributed by atoms with E-state index in [-0.39, 0.29) is 13.2 Å². The zero-order valence-corrected chi connectivity index (χ0v) is 7.77. The minimum atomic E-state index is -1.20. The lowest BCUT2D eigenvalue weighted by atomic mass is 10.3. The summed E-state index contributed by atoms with van der Waals surface area (Å²) in [6.45, 7) is 0.138. The normalized spacial score (nSPS) is 12.7. The Kier molecular flexibility index (Phi) is 6.34. The summed E-state index contributed by atoms with van der Waals surface area (Å²) < 4.78 is 4.62. The van der Waals surface area contributed by atoms with Crippen LogP contribution in [0.5, 0.6) is 0 Å². The Balaban J connectivity index is 3.68. The molecule has 0 rings (SSSR count). The van der Waals surface area contributed by atoms with Crippen molar-refractivity contribution in [1.29, 1.82) is 0 Å². The van der Waals surface area contributed by atoms with Crippen LogP contribution in [0.1, 0.15) is 0 Å². The Bertz CT molecular complexity index is 226. The van der Waals surface area contributed by atoms with Crippen LogP contribution in [0.3, 0.4) is 0 Å². The highest BCUT2D eigenvalue weighted by Gasteiger charge is 2.04. The number of nitrogens with one attached hydrogen (secondary N) is 1. The third kappa shape index (κ3) is 7.26. The van der Waals surface area contributed by atoms with Crippen LogP contribution in [0, 0.1) is 0 Å². The number of methoxy groups -OCH3 is 1. The van der Waals surface area contributed by atoms with E-state index in [0.29, 0.717) is 0 Å². The summed E-state index contributed by atoms with van der Waals surface area (Å²) in [4.78, 5) is 20.9. The van der Waals surface area contributed by atoms with E-state index in [9.17, 15) is 9.59 Å². The van der Waals surface area contributed by atoms with Gasteiger partial charge in [-0.15, -0.1) is 0 Å². The van der Waals surface area contributed by atoms with E-state index in [1.54, 1.807) is 0 Å². The first-order chi connectivity index (χ1) is 6.56. The number of amides is 1. The maximum Gasteiger partial charge on any atom is 0.328 e. The van der Waals surface area contributed by atoms with Gasteiger partial charge in [-0.3, -0.25) is 4.79 Å². The highest BCUT2D eigenvalue weighted by Crippen LogP contribution is 1.82. The van der Waals surface area contributed by atoms with Gasteiger partial charge in [0.15, 0.2) is 0 Å². The molecule has 14 heavy (non-hydrogen) atoms. The van der Waals surface area contributed by atoms with Crippen molar-refractivity contribution in [2.24, 2.45) is 0 Å². The van der Waals surface area contributed by atoms with Crippen molar-refractivity contribution in [3.63, 3.8) is 0 Å². The number of ether oxygens (including phenoxy) is 1. The molecule has 1 atom stereocenters. The van der Waals surface area contributed by atoms with E-state index in [1.807, 2.05) is 0 Å². The molecule has 0 bridgehead atoms. The molecule has 80 valence electrons. The van der Waals surface area contributed by atoms with Crippen molar-refractivity contribution in [2.45, 2.75) is 6.10 Å². The first-order valence-electron chi connectivity index (χ1n) is 3.92. The van der Waals surface area contributed by atoms with Gasteiger partial charge in [0.1, 0.15) is 0 Å². The maximum atomic E-state index is 10.8. The molecule has 0 aliphatic heterocycles. The molecule has 0 heterocycles. The van der Waals surface area contributed by atoms with E-state index < -0.39 is 18.0 Å². The van der Waals surface area contributed by atoms with Crippen LogP contribution in [0.4, 0.5) is 0 Å². The molecule has 0 spiro atoms. The number of carbonyl (C=O) groups excluding carboxylic acids is 1. The van der Waals surface area contributed by atoms with Gasteiger partial charge in [-0.2, -0.15) is 0 Å². The van der Waals surface area contributed by atoms with Crippen LogP contribution < -0.4 is 5.32 Å². The fourth-order valence-corrected chi connectivity index (χ4v) is 0.676. The van der Waals surface area contributed by atoms with E-state index in [2.05, 4.69) is 10.1 Å². The Hall–Kier alpha value is -1.40. The van der Waals surface area contributed by atoms with Crippen LogP contribution in [0.2, 0.25) is 0 Å². The zero-order valence-electron chi connectivity index (χ0n) is 7.77. The van der Waals surface area contributed by atoms with Crippen LogP contribution >= 0.6 is 0 Å². The van der Waals surface area contributed by atoms with Gasteiger partial charge in [0, 0.05) is 25.8 Å². The topological polar surface area (TPSA) is 95.9 Å². The Morgan fingerprint density at radius 1 is 1.50 bits per heavy atom. The number of aliphatic hydroxyl groups is 1. The predicted molar refractivity (Wildman–Crippen MR) is 47.7 cm³/mol. The molecular formula is C8H13NO5. The molecule has 0 radical (unpaired) electrons. The lowest BCUT2D eigenvalue weighted by molar-refractivity contribution is -0.131. The molecule has 0 saturated heterocycles. The first kappa shape index (κ1) is 12.6. The van der Waals surface area contributed by atoms with Crippen molar-refractivity contribution in [3.8, 4) is 0 Å². The van der Waals surface area contributed by atoms with Gasteiger partial charge in [-0.25, -0.2) is 4.79 Å². The summed E-state index contributed by atoms with van der Waals surface area (Å²) in [6.07, 6.45) is 0.807. The first-order valence-corrected chi connectivity index (χ1v) is 3.92. The number of hydrogen-bond donors (Lipinski definition) is 3. The second-order valence-electron chi connectivity index (χ2n) is 2.53. The fourth-order valence-electron chi connectivity index (χ4n) is 0.676. The quantitative estimate of drug-likeness (QED) is 0.469. The summed E-state index contributed by atoms with van der Waals surface area (Å²) in [5.41, 5.74) is 0. The van der Waals surface area contributed by atoms with Crippen LogP contribution in [-0.4, -0.2) is 48.5 Å². The average molecular weight is 203 g/mol. The number of rotatable bonds is 6. The summed E-state index contributed by atoms with van der Waals surface area (Å²) in [7, 11) is 1.43. The van der Waals surface area contributed by atoms with Crippen molar-refractivity contribution in [1.82, 2.24) is 5.32 Å². The van der Waals surface area contributed by atoms with Crippen molar-refractivity contribution >= 4 is 11.9 Å². The molecule has 0 fully saturated rings. The second-order valence-corrected chi connectivity index (χ2v) is 2.53. The monoisotopic (exact) mass is 203 g/mol. The fraction of sp³-hybridized carbons (Fsp3) is 0.500. The number of hydrogen-bond acceptors (Lipinski definition) is 4. The molecule has 1 unspecified atom stereocenters. The van der Waals surface area contributed by atoms with E-state index in [1.165, 1.54) is 7.11 Å². The molecule has 0 aromatic heterocycles. The molecule has 0 saturated carbocycles. The van der Waals surface area contributed by atoms with Gasteiger partial charge in [0.25, 0.3) is 0 Å². The third-order valence-corrected chi connectivity index (χ3v) is 1.25. The molecular weight excluding hydrogens is 190 g/mol. The van der Waals surface area contributed by atoms with Gasteiger partial charge in [0.05, 0.1) is 12.7 Å². The van der Waals surface area contributed by atoms with Crippen LogP contribution in [0.15, 0.2) is 12.2 Å². The number of carboxylic acids is 1. The van der Waals surface area contributed by atoms with Gasteiger partial charge in [-0.1, -0.05) is 0 Å². The zero-order chi connectivity index (χ0) is 11.0. The SMILES string of the molecule is COCC(O)CNC(=O)C=CC(=O)O. The standard InChI is InChI=1S/C8H13NO5/c1-14-5-6(10)4-9-7(11)2-3-8(12)13/h2-3,6,10H,4-5H2,1H3,(H,9,11)(H,12,13). The van der Waals surface area contributed by atoms with Crippen LogP contribution in [-0.2, 0) is 14.3 Å². The number of aliphatic carboxylic acids is 1. The molecule has 3 N–H and O–H groups in total. The summed E-state index contributed by atoms with van der Waals surface area (Å²) in [5.74, 6) is -1.76. The Morgan fingerprint density at radius 2 is 2.14 bits per heavy atom. The predicted octanol–water partition coefficient (Wildman–Crippen LogP) is -1.25. The summed E-state index contributed by atoms with van der Waals surface area (Å²) in [5, 5.41) is 19.6. The minimum absolute atomic E-state index is 0.0244. The van der Waals surface area contributed by atoms with Crippen LogP contribution in [0.25, 0.3) is 0 Å². The molecule has 6 heteroatoms. The third-order valence-electron chi connectivity index (χ3n) is 1.25. The number of carbonyl (C=O) groups is 2. The maximum absolute atomic E-state index is 10.8. The Labute approximate surface area is 81.2 Å². The van der Waals surface area contributed by atoms with Crippen molar-refractivity contribution in [3.05, 3.63) is 12.2 Å². The molecule has 1 amide bonds. The molecule has 0 aliphatic carbocycles. The van der Waals surface area contributed by atoms with E-state index in [0.717, 1.165) is 12.2 Å². The molecule has 0 aliphatic rings. The van der Waals surface area contributed by atoms with Gasteiger partial charge in [0.2, 0.25) is 5.91 Å². The van der Waals surface area contributed by atoms with Crippen molar-refractivity contribution < 1.29 is 24.5 Å². The lowest BCUT2D eigenvalue weighted by Gasteiger charge is -2.08. The number of aliphatic hydroxyl groups excluding tert-OH is 1. The van der Waals surface area contributed by atoms with Crippen molar-refractivity contribution in [2.75, 3.05) is 20.3 Å². The highest BCUT2D eigenvalue weighted by atomic mass is 16.5. The largest absolute Gasteiger partial charge is 0.478 e. The van der Waals surface area contributed by atoms with Gasteiger partial charge in [-0.05, 0) is 0 Å². The Morgan fingerprint density at radius 3 is 2.64 bits per heavy atom.